The van der Waals surface area contributed by atoms with Crippen LogP contribution in [0.25, 0.3) is 0 Å². The Morgan fingerprint density at radius 1 is 1.17 bits per heavy atom. The van der Waals surface area contributed by atoms with Gasteiger partial charge in [-0.1, -0.05) is 42.5 Å². The van der Waals surface area contributed by atoms with Gasteiger partial charge in [-0.05, 0) is 29.7 Å². The second-order valence-electron chi connectivity index (χ2n) is 5.57. The molecule has 1 aliphatic rings. The molecule has 1 fully saturated rings. The summed E-state index contributed by atoms with van der Waals surface area (Å²) >= 11 is 0. The van der Waals surface area contributed by atoms with E-state index in [1.807, 2.05) is 42.5 Å². The van der Waals surface area contributed by atoms with Crippen LogP contribution in [0.4, 0.5) is 0 Å². The van der Waals surface area contributed by atoms with E-state index in [4.69, 9.17) is 5.26 Å². The fourth-order valence-corrected chi connectivity index (χ4v) is 2.70. The lowest BCUT2D eigenvalue weighted by Crippen LogP contribution is -2.42. The van der Waals surface area contributed by atoms with Crippen LogP contribution in [0.2, 0.25) is 0 Å². The molecule has 2 aromatic rings. The summed E-state index contributed by atoms with van der Waals surface area (Å²) in [6.45, 7) is 0.419. The maximum Gasteiger partial charge on any atom is 0.238 e. The first kappa shape index (κ1) is 15.2. The van der Waals surface area contributed by atoms with Crippen molar-refractivity contribution < 1.29 is 4.79 Å². The van der Waals surface area contributed by atoms with Gasteiger partial charge in [0.25, 0.3) is 0 Å². The Morgan fingerprint density at radius 2 is 2.00 bits per heavy atom. The third-order valence-corrected chi connectivity index (χ3v) is 3.94. The summed E-state index contributed by atoms with van der Waals surface area (Å²) in [5.74, 6) is -0.0432. The van der Waals surface area contributed by atoms with Crippen LogP contribution in [0, 0.1) is 11.3 Å². The average Bonchev–Trinajstić information content (AvgIpc) is 3.11. The SMILES string of the molecule is N#Cc1cccc(CNC(=O)C2CC(c3ccccc3)NN2)c1. The number of nitrogens with zero attached hydrogens (tertiary/aromatic N) is 1. The van der Waals surface area contributed by atoms with E-state index in [1.165, 1.54) is 0 Å². The lowest BCUT2D eigenvalue weighted by molar-refractivity contribution is -0.123. The monoisotopic (exact) mass is 306 g/mol. The number of amides is 1. The van der Waals surface area contributed by atoms with E-state index in [0.717, 1.165) is 11.1 Å². The fourth-order valence-electron chi connectivity index (χ4n) is 2.70. The van der Waals surface area contributed by atoms with E-state index < -0.39 is 0 Å². The molecule has 0 radical (unpaired) electrons. The van der Waals surface area contributed by atoms with Crippen molar-refractivity contribution >= 4 is 5.91 Å². The van der Waals surface area contributed by atoms with Crippen molar-refractivity contribution in [3.63, 3.8) is 0 Å². The summed E-state index contributed by atoms with van der Waals surface area (Å²) in [7, 11) is 0. The predicted molar refractivity (Wildman–Crippen MR) is 86.9 cm³/mol. The van der Waals surface area contributed by atoms with Crippen LogP contribution in [0.15, 0.2) is 54.6 Å². The first-order valence-corrected chi connectivity index (χ1v) is 7.59. The Bertz CT molecular complexity index is 723. The number of carbonyl (C=O) groups is 1. The summed E-state index contributed by atoms with van der Waals surface area (Å²) < 4.78 is 0. The summed E-state index contributed by atoms with van der Waals surface area (Å²) in [6.07, 6.45) is 0.702. The van der Waals surface area contributed by atoms with Gasteiger partial charge in [-0.25, -0.2) is 10.9 Å². The quantitative estimate of drug-likeness (QED) is 0.805. The summed E-state index contributed by atoms with van der Waals surface area (Å²) in [6, 6.07) is 19.3. The molecular weight excluding hydrogens is 288 g/mol. The summed E-state index contributed by atoms with van der Waals surface area (Å²) in [5, 5.41) is 11.8. The molecule has 2 aromatic carbocycles. The topological polar surface area (TPSA) is 77.0 Å². The van der Waals surface area contributed by atoms with Crippen molar-refractivity contribution in [3.05, 3.63) is 71.3 Å². The zero-order valence-electron chi connectivity index (χ0n) is 12.6. The molecule has 0 aromatic heterocycles. The van der Waals surface area contributed by atoms with Crippen molar-refractivity contribution in [1.29, 1.82) is 5.26 Å². The minimum Gasteiger partial charge on any atom is -0.351 e. The van der Waals surface area contributed by atoms with Crippen LogP contribution in [-0.2, 0) is 11.3 Å². The number of carbonyl (C=O) groups excluding carboxylic acids is 1. The molecule has 1 amide bonds. The van der Waals surface area contributed by atoms with Gasteiger partial charge in [-0.3, -0.25) is 4.79 Å². The van der Waals surface area contributed by atoms with Crippen LogP contribution >= 0.6 is 0 Å². The molecule has 1 heterocycles. The smallest absolute Gasteiger partial charge is 0.238 e. The number of benzene rings is 2. The summed E-state index contributed by atoms with van der Waals surface area (Å²) in [5.41, 5.74) is 8.90. The average molecular weight is 306 g/mol. The molecule has 0 aliphatic carbocycles. The molecule has 2 atom stereocenters. The molecule has 0 spiro atoms. The van der Waals surface area contributed by atoms with Crippen molar-refractivity contribution in [3.8, 4) is 6.07 Å². The maximum atomic E-state index is 12.3. The van der Waals surface area contributed by atoms with Gasteiger partial charge in [0, 0.05) is 12.6 Å². The Kier molecular flexibility index (Phi) is 4.67. The highest BCUT2D eigenvalue weighted by Gasteiger charge is 2.29. The minimum atomic E-state index is -0.264. The Hall–Kier alpha value is -2.68. The van der Waals surface area contributed by atoms with E-state index in [1.54, 1.807) is 12.1 Å². The highest BCUT2D eigenvalue weighted by atomic mass is 16.2. The number of nitriles is 1. The zero-order chi connectivity index (χ0) is 16.1. The highest BCUT2D eigenvalue weighted by molar-refractivity contribution is 5.82. The largest absolute Gasteiger partial charge is 0.351 e. The molecule has 23 heavy (non-hydrogen) atoms. The molecule has 2 unspecified atom stereocenters. The molecule has 1 saturated heterocycles. The van der Waals surface area contributed by atoms with E-state index in [0.29, 0.717) is 18.5 Å². The number of hydrogen-bond acceptors (Lipinski definition) is 4. The van der Waals surface area contributed by atoms with Gasteiger partial charge in [-0.2, -0.15) is 5.26 Å². The molecular formula is C18H18N4O. The fraction of sp³-hybridized carbons (Fsp3) is 0.222. The van der Waals surface area contributed by atoms with Gasteiger partial charge < -0.3 is 5.32 Å². The van der Waals surface area contributed by atoms with Crippen molar-refractivity contribution in [2.45, 2.75) is 25.0 Å². The van der Waals surface area contributed by atoms with Crippen molar-refractivity contribution in [2.24, 2.45) is 0 Å². The molecule has 116 valence electrons. The first-order valence-electron chi connectivity index (χ1n) is 7.59. The van der Waals surface area contributed by atoms with Crippen LogP contribution in [0.1, 0.15) is 29.2 Å². The predicted octanol–water partition coefficient (Wildman–Crippen LogP) is 1.78. The van der Waals surface area contributed by atoms with Gasteiger partial charge in [-0.15, -0.1) is 0 Å². The third-order valence-electron chi connectivity index (χ3n) is 3.94. The molecule has 0 bridgehead atoms. The Morgan fingerprint density at radius 3 is 2.78 bits per heavy atom. The van der Waals surface area contributed by atoms with Crippen LogP contribution < -0.4 is 16.2 Å². The van der Waals surface area contributed by atoms with Crippen LogP contribution in [0.5, 0.6) is 0 Å². The van der Waals surface area contributed by atoms with Crippen LogP contribution in [-0.4, -0.2) is 11.9 Å². The van der Waals surface area contributed by atoms with Crippen LogP contribution in [0.3, 0.4) is 0 Å². The standard InChI is InChI=1S/C18H18N4O/c19-11-13-5-4-6-14(9-13)12-20-18(23)17-10-16(21-22-17)15-7-2-1-3-8-15/h1-9,16-17,21-22H,10,12H2,(H,20,23). The summed E-state index contributed by atoms with van der Waals surface area (Å²) in [4.78, 5) is 12.3. The van der Waals surface area contributed by atoms with Gasteiger partial charge in [0.05, 0.1) is 11.6 Å². The molecule has 0 saturated carbocycles. The van der Waals surface area contributed by atoms with Gasteiger partial charge in [0.15, 0.2) is 0 Å². The molecule has 3 rings (SSSR count). The number of rotatable bonds is 4. The number of hydrazine groups is 1. The van der Waals surface area contributed by atoms with E-state index in [-0.39, 0.29) is 18.0 Å². The van der Waals surface area contributed by atoms with Crippen molar-refractivity contribution in [2.75, 3.05) is 0 Å². The maximum absolute atomic E-state index is 12.3. The lowest BCUT2D eigenvalue weighted by Gasteiger charge is -2.11. The second-order valence-corrected chi connectivity index (χ2v) is 5.57. The lowest BCUT2D eigenvalue weighted by atomic mass is 10.0. The third kappa shape index (κ3) is 3.75. The second kappa shape index (κ2) is 7.05. The molecule has 3 N–H and O–H groups in total. The van der Waals surface area contributed by atoms with Gasteiger partial charge in [0.1, 0.15) is 6.04 Å². The minimum absolute atomic E-state index is 0.0432. The van der Waals surface area contributed by atoms with Gasteiger partial charge >= 0.3 is 0 Å². The Balaban J connectivity index is 1.54. The number of hydrogen-bond donors (Lipinski definition) is 3. The molecule has 5 heteroatoms. The normalized spacial score (nSPS) is 20.0. The Labute approximate surface area is 135 Å². The number of nitrogens with one attached hydrogen (secondary N) is 3. The molecule has 5 nitrogen and oxygen atoms in total. The van der Waals surface area contributed by atoms with E-state index in [2.05, 4.69) is 22.2 Å². The van der Waals surface area contributed by atoms with E-state index >= 15 is 0 Å². The van der Waals surface area contributed by atoms with E-state index in [9.17, 15) is 4.79 Å². The molecule has 1 aliphatic heterocycles. The highest BCUT2D eigenvalue weighted by Crippen LogP contribution is 2.21. The van der Waals surface area contributed by atoms with Crippen molar-refractivity contribution in [1.82, 2.24) is 16.2 Å². The zero-order valence-corrected chi connectivity index (χ0v) is 12.6. The first-order chi connectivity index (χ1) is 11.3. The van der Waals surface area contributed by atoms with Gasteiger partial charge in [0.2, 0.25) is 5.91 Å².